The molecule has 1 unspecified atom stereocenters. The van der Waals surface area contributed by atoms with Crippen LogP contribution in [0.15, 0.2) is 46.9 Å². The van der Waals surface area contributed by atoms with Crippen molar-refractivity contribution in [2.75, 3.05) is 38.4 Å². The second-order valence-electron chi connectivity index (χ2n) is 6.58. The monoisotopic (exact) mass is 432 g/mol. The van der Waals surface area contributed by atoms with Crippen molar-refractivity contribution >= 4 is 27.5 Å². The maximum absolute atomic E-state index is 12.3. The quantitative estimate of drug-likeness (QED) is 0.782. The fourth-order valence-electron chi connectivity index (χ4n) is 3.27. The number of carbonyl (C=O) groups is 1. The van der Waals surface area contributed by atoms with E-state index >= 15 is 0 Å². The number of fused-ring (bicyclic) bond motifs is 1. The van der Waals surface area contributed by atoms with Crippen LogP contribution in [0.5, 0.6) is 11.5 Å². The summed E-state index contributed by atoms with van der Waals surface area (Å²) in [6.07, 6.45) is 0.466. The molecule has 0 aliphatic carbocycles. The molecule has 0 saturated carbocycles. The van der Waals surface area contributed by atoms with Crippen LogP contribution in [-0.2, 0) is 9.53 Å². The van der Waals surface area contributed by atoms with Crippen LogP contribution < -0.4 is 14.8 Å². The Balaban J connectivity index is 1.28. The van der Waals surface area contributed by atoms with E-state index in [-0.39, 0.29) is 18.8 Å². The van der Waals surface area contributed by atoms with Crippen molar-refractivity contribution in [1.82, 2.24) is 4.90 Å². The van der Waals surface area contributed by atoms with E-state index in [2.05, 4.69) is 38.3 Å². The molecule has 1 atom stereocenters. The van der Waals surface area contributed by atoms with Crippen LogP contribution in [0.3, 0.4) is 0 Å². The molecular weight excluding hydrogens is 412 g/mol. The number of hydrogen-bond donors (Lipinski definition) is 1. The summed E-state index contributed by atoms with van der Waals surface area (Å²) in [5.41, 5.74) is 1.87. The Morgan fingerprint density at radius 3 is 2.96 bits per heavy atom. The lowest BCUT2D eigenvalue weighted by Gasteiger charge is -2.33. The maximum atomic E-state index is 12.3. The highest BCUT2D eigenvalue weighted by Crippen LogP contribution is 2.34. The second kappa shape index (κ2) is 8.29. The molecule has 1 fully saturated rings. The van der Waals surface area contributed by atoms with Gasteiger partial charge in [0.15, 0.2) is 11.5 Å². The van der Waals surface area contributed by atoms with Crippen molar-refractivity contribution in [3.8, 4) is 11.5 Å². The lowest BCUT2D eigenvalue weighted by Crippen LogP contribution is -2.39. The number of nitrogens with zero attached hydrogens (tertiary/aromatic N) is 1. The zero-order chi connectivity index (χ0) is 18.6. The number of carbonyl (C=O) groups excluding carboxylic acids is 1. The number of hydrogen-bond acceptors (Lipinski definition) is 5. The van der Waals surface area contributed by atoms with E-state index in [4.69, 9.17) is 14.2 Å². The zero-order valence-corrected chi connectivity index (χ0v) is 16.4. The predicted molar refractivity (Wildman–Crippen MR) is 105 cm³/mol. The van der Waals surface area contributed by atoms with Gasteiger partial charge in [-0.05, 0) is 29.8 Å². The molecule has 27 heavy (non-hydrogen) atoms. The summed E-state index contributed by atoms with van der Waals surface area (Å²) in [5, 5.41) is 2.92. The SMILES string of the molecule is O=C(CCN1CCOC(c2cccc(Br)c2)C1)Nc1ccc2c(c1)OCO2. The summed E-state index contributed by atoms with van der Waals surface area (Å²) < 4.78 is 17.6. The smallest absolute Gasteiger partial charge is 0.231 e. The first-order valence-electron chi connectivity index (χ1n) is 8.96. The van der Waals surface area contributed by atoms with Gasteiger partial charge in [0, 0.05) is 42.3 Å². The lowest BCUT2D eigenvalue weighted by molar-refractivity contribution is -0.117. The molecule has 6 nitrogen and oxygen atoms in total. The van der Waals surface area contributed by atoms with Crippen molar-refractivity contribution in [2.45, 2.75) is 12.5 Å². The third-order valence-corrected chi connectivity index (χ3v) is 5.18. The molecule has 142 valence electrons. The minimum atomic E-state index is -0.0145. The van der Waals surface area contributed by atoms with Gasteiger partial charge >= 0.3 is 0 Å². The molecule has 4 rings (SSSR count). The van der Waals surface area contributed by atoms with Crippen LogP contribution in [0.4, 0.5) is 5.69 Å². The topological polar surface area (TPSA) is 60.0 Å². The lowest BCUT2D eigenvalue weighted by atomic mass is 10.1. The molecular formula is C20H21BrN2O4. The highest BCUT2D eigenvalue weighted by Gasteiger charge is 2.22. The van der Waals surface area contributed by atoms with Gasteiger partial charge in [-0.15, -0.1) is 0 Å². The average Bonchev–Trinajstić information content (AvgIpc) is 3.14. The fraction of sp³-hybridized carbons (Fsp3) is 0.350. The van der Waals surface area contributed by atoms with Crippen molar-refractivity contribution in [3.63, 3.8) is 0 Å². The summed E-state index contributed by atoms with van der Waals surface area (Å²) in [6, 6.07) is 13.6. The van der Waals surface area contributed by atoms with Crippen LogP contribution in [0.2, 0.25) is 0 Å². The van der Waals surface area contributed by atoms with Crippen LogP contribution >= 0.6 is 15.9 Å². The van der Waals surface area contributed by atoms with Gasteiger partial charge < -0.3 is 19.5 Å². The van der Waals surface area contributed by atoms with Gasteiger partial charge in [0.05, 0.1) is 12.7 Å². The second-order valence-corrected chi connectivity index (χ2v) is 7.50. The summed E-state index contributed by atoms with van der Waals surface area (Å²) in [6.45, 7) is 3.21. The van der Waals surface area contributed by atoms with Gasteiger partial charge in [0.1, 0.15) is 0 Å². The molecule has 2 aliphatic heterocycles. The van der Waals surface area contributed by atoms with Crippen LogP contribution in [-0.4, -0.2) is 43.8 Å². The van der Waals surface area contributed by atoms with Crippen LogP contribution in [0.1, 0.15) is 18.1 Å². The minimum absolute atomic E-state index is 0.0145. The first kappa shape index (κ1) is 18.3. The van der Waals surface area contributed by atoms with Crippen LogP contribution in [0, 0.1) is 0 Å². The first-order valence-corrected chi connectivity index (χ1v) is 9.75. The molecule has 0 radical (unpaired) electrons. The van der Waals surface area contributed by atoms with E-state index < -0.39 is 0 Å². The fourth-order valence-corrected chi connectivity index (χ4v) is 3.69. The van der Waals surface area contributed by atoms with E-state index in [1.807, 2.05) is 24.3 Å². The van der Waals surface area contributed by atoms with Gasteiger partial charge in [-0.1, -0.05) is 28.1 Å². The maximum Gasteiger partial charge on any atom is 0.231 e. The Hall–Kier alpha value is -2.09. The number of benzene rings is 2. The van der Waals surface area contributed by atoms with Crippen molar-refractivity contribution in [3.05, 3.63) is 52.5 Å². The van der Waals surface area contributed by atoms with Gasteiger partial charge in [-0.25, -0.2) is 0 Å². The van der Waals surface area contributed by atoms with Gasteiger partial charge in [0.2, 0.25) is 12.7 Å². The number of halogens is 1. The van der Waals surface area contributed by atoms with E-state index in [1.54, 1.807) is 6.07 Å². The van der Waals surface area contributed by atoms with E-state index in [9.17, 15) is 4.79 Å². The average molecular weight is 433 g/mol. The summed E-state index contributed by atoms with van der Waals surface area (Å²) in [4.78, 5) is 14.6. The molecule has 2 aromatic carbocycles. The molecule has 0 spiro atoms. The van der Waals surface area contributed by atoms with Crippen molar-refractivity contribution in [2.24, 2.45) is 0 Å². The Morgan fingerprint density at radius 2 is 2.07 bits per heavy atom. The molecule has 0 aromatic heterocycles. The predicted octanol–water partition coefficient (Wildman–Crippen LogP) is 3.58. The van der Waals surface area contributed by atoms with E-state index in [0.717, 1.165) is 28.8 Å². The molecule has 1 N–H and O–H groups in total. The third kappa shape index (κ3) is 4.61. The number of rotatable bonds is 5. The van der Waals surface area contributed by atoms with Gasteiger partial charge in [0.25, 0.3) is 0 Å². The third-order valence-electron chi connectivity index (χ3n) is 4.68. The normalized spacial score (nSPS) is 19.1. The number of morpholine rings is 1. The number of amides is 1. The van der Waals surface area contributed by atoms with Gasteiger partial charge in [-0.2, -0.15) is 0 Å². The van der Waals surface area contributed by atoms with Crippen LogP contribution in [0.25, 0.3) is 0 Å². The molecule has 1 saturated heterocycles. The van der Waals surface area contributed by atoms with E-state index in [1.165, 1.54) is 0 Å². The summed E-state index contributed by atoms with van der Waals surface area (Å²) >= 11 is 3.50. The summed E-state index contributed by atoms with van der Waals surface area (Å²) in [7, 11) is 0. The molecule has 2 aliphatic rings. The minimum Gasteiger partial charge on any atom is -0.454 e. The molecule has 2 heterocycles. The van der Waals surface area contributed by atoms with Crippen molar-refractivity contribution < 1.29 is 19.0 Å². The standard InChI is InChI=1S/C20H21BrN2O4/c21-15-3-1-2-14(10-15)19-12-23(8-9-25-19)7-6-20(24)22-16-4-5-17-18(11-16)27-13-26-17/h1-5,10-11,19H,6-9,12-13H2,(H,22,24). The Kier molecular flexibility index (Phi) is 5.61. The number of nitrogens with one attached hydrogen (secondary N) is 1. The largest absolute Gasteiger partial charge is 0.454 e. The van der Waals surface area contributed by atoms with Gasteiger partial charge in [-0.3, -0.25) is 9.69 Å². The highest BCUT2D eigenvalue weighted by molar-refractivity contribution is 9.10. The number of anilines is 1. The number of ether oxygens (including phenoxy) is 3. The molecule has 0 bridgehead atoms. The van der Waals surface area contributed by atoms with E-state index in [0.29, 0.717) is 31.1 Å². The first-order chi connectivity index (χ1) is 13.2. The Labute approximate surface area is 166 Å². The van der Waals surface area contributed by atoms with Crippen molar-refractivity contribution in [1.29, 1.82) is 0 Å². The molecule has 2 aromatic rings. The molecule has 7 heteroatoms. The highest BCUT2D eigenvalue weighted by atomic mass is 79.9. The Bertz CT molecular complexity index is 829. The molecule has 1 amide bonds. The zero-order valence-electron chi connectivity index (χ0n) is 14.8. The summed E-state index contributed by atoms with van der Waals surface area (Å²) in [5.74, 6) is 1.36. The Morgan fingerprint density at radius 1 is 1.19 bits per heavy atom.